The molecular weight excluding hydrogens is 364 g/mol. The number of nitrogens with one attached hydrogen (secondary N) is 1. The number of anilines is 1. The van der Waals surface area contributed by atoms with Crippen molar-refractivity contribution in [3.63, 3.8) is 0 Å². The van der Waals surface area contributed by atoms with Gasteiger partial charge >= 0.3 is 6.09 Å². The van der Waals surface area contributed by atoms with E-state index in [0.29, 0.717) is 24.3 Å². The van der Waals surface area contributed by atoms with Crippen molar-refractivity contribution in [2.75, 3.05) is 11.9 Å². The normalized spacial score (nSPS) is 12.8. The van der Waals surface area contributed by atoms with Gasteiger partial charge in [-0.2, -0.15) is 0 Å². The van der Waals surface area contributed by atoms with Gasteiger partial charge in [0.2, 0.25) is 0 Å². The van der Waals surface area contributed by atoms with Crippen LogP contribution in [0.3, 0.4) is 0 Å². The number of fused-ring (bicyclic) bond motifs is 1. The van der Waals surface area contributed by atoms with Crippen LogP contribution in [0, 0.1) is 0 Å². The molecule has 146 valence electrons. The molecule has 1 heterocycles. The minimum Gasteiger partial charge on any atom is -0.444 e. The molecule has 0 radical (unpaired) electrons. The molecule has 0 spiro atoms. The van der Waals surface area contributed by atoms with E-state index in [2.05, 4.69) is 5.32 Å². The van der Waals surface area contributed by atoms with Crippen molar-refractivity contribution in [3.8, 4) is 0 Å². The first-order valence-electron chi connectivity index (χ1n) is 9.63. The van der Waals surface area contributed by atoms with Crippen molar-refractivity contribution < 1.29 is 14.3 Å². The minimum absolute atomic E-state index is 0.0249. The van der Waals surface area contributed by atoms with E-state index in [-0.39, 0.29) is 12.5 Å². The average Bonchev–Trinajstić information content (AvgIpc) is 2.78. The molecule has 0 unspecified atom stereocenters. The zero-order valence-corrected chi connectivity index (χ0v) is 16.0. The topological polar surface area (TPSA) is 58.6 Å². The zero-order valence-electron chi connectivity index (χ0n) is 16.0. The Kier molecular flexibility index (Phi) is 5.56. The Hall–Kier alpha value is -3.60. The highest BCUT2D eigenvalue weighted by Gasteiger charge is 2.22. The predicted molar refractivity (Wildman–Crippen MR) is 112 cm³/mol. The fourth-order valence-electron chi connectivity index (χ4n) is 3.45. The SMILES string of the molecule is O=C(Nc1ccc2c(c1)CN(C(=O)c1ccccc1)CC2)OCc1ccccc1. The molecule has 0 atom stereocenters. The summed E-state index contributed by atoms with van der Waals surface area (Å²) in [5, 5.41) is 2.77. The molecule has 3 aromatic rings. The molecule has 0 bridgehead atoms. The van der Waals surface area contributed by atoms with E-state index in [0.717, 1.165) is 17.5 Å². The van der Waals surface area contributed by atoms with Crippen LogP contribution in [0.15, 0.2) is 78.9 Å². The lowest BCUT2D eigenvalue weighted by molar-refractivity contribution is 0.0734. The maximum atomic E-state index is 12.7. The molecule has 0 aliphatic carbocycles. The summed E-state index contributed by atoms with van der Waals surface area (Å²) in [6.07, 6.45) is 0.300. The average molecular weight is 386 g/mol. The van der Waals surface area contributed by atoms with E-state index in [1.54, 1.807) is 0 Å². The van der Waals surface area contributed by atoms with Crippen LogP contribution in [0.4, 0.5) is 10.5 Å². The second kappa shape index (κ2) is 8.61. The first-order chi connectivity index (χ1) is 14.2. The van der Waals surface area contributed by atoms with Gasteiger partial charge in [-0.15, -0.1) is 0 Å². The lowest BCUT2D eigenvalue weighted by atomic mass is 9.98. The van der Waals surface area contributed by atoms with Crippen LogP contribution in [-0.2, 0) is 24.3 Å². The van der Waals surface area contributed by atoms with Crippen LogP contribution >= 0.6 is 0 Å². The Balaban J connectivity index is 1.39. The van der Waals surface area contributed by atoms with E-state index in [1.165, 1.54) is 5.56 Å². The summed E-state index contributed by atoms with van der Waals surface area (Å²) in [5.41, 5.74) is 4.53. The third kappa shape index (κ3) is 4.63. The summed E-state index contributed by atoms with van der Waals surface area (Å²) >= 11 is 0. The quantitative estimate of drug-likeness (QED) is 0.711. The molecule has 3 aromatic carbocycles. The molecule has 0 saturated carbocycles. The molecule has 4 rings (SSSR count). The summed E-state index contributed by atoms with van der Waals surface area (Å²) < 4.78 is 5.28. The summed E-state index contributed by atoms with van der Waals surface area (Å²) in [6.45, 7) is 1.43. The van der Waals surface area contributed by atoms with Gasteiger partial charge in [-0.3, -0.25) is 10.1 Å². The number of benzene rings is 3. The Bertz CT molecular complexity index is 1000. The zero-order chi connectivity index (χ0) is 20.1. The largest absolute Gasteiger partial charge is 0.444 e. The van der Waals surface area contributed by atoms with E-state index in [4.69, 9.17) is 4.74 Å². The molecule has 0 saturated heterocycles. The highest BCUT2D eigenvalue weighted by molar-refractivity contribution is 5.94. The standard InChI is InChI=1S/C24H22N2O3/c27-23(20-9-5-2-6-10-20)26-14-13-19-11-12-22(15-21(19)16-26)25-24(28)29-17-18-7-3-1-4-8-18/h1-12,15H,13-14,16-17H2,(H,25,28). The number of carbonyl (C=O) groups excluding carboxylic acids is 2. The number of ether oxygens (including phenoxy) is 1. The first-order valence-corrected chi connectivity index (χ1v) is 9.63. The van der Waals surface area contributed by atoms with Crippen molar-refractivity contribution in [2.24, 2.45) is 0 Å². The van der Waals surface area contributed by atoms with Gasteiger partial charge in [0.15, 0.2) is 0 Å². The lowest BCUT2D eigenvalue weighted by Crippen LogP contribution is -2.36. The highest BCUT2D eigenvalue weighted by atomic mass is 16.5. The minimum atomic E-state index is -0.498. The molecule has 2 amide bonds. The van der Waals surface area contributed by atoms with Gasteiger partial charge < -0.3 is 9.64 Å². The van der Waals surface area contributed by atoms with Crippen LogP contribution in [0.5, 0.6) is 0 Å². The van der Waals surface area contributed by atoms with Gasteiger partial charge in [-0.1, -0.05) is 54.6 Å². The summed E-state index contributed by atoms with van der Waals surface area (Å²) in [6, 6.07) is 24.6. The second-order valence-corrected chi connectivity index (χ2v) is 7.01. The fourth-order valence-corrected chi connectivity index (χ4v) is 3.45. The highest BCUT2D eigenvalue weighted by Crippen LogP contribution is 2.24. The van der Waals surface area contributed by atoms with Crippen LogP contribution in [0.1, 0.15) is 27.0 Å². The van der Waals surface area contributed by atoms with E-state index >= 15 is 0 Å². The Morgan fingerprint density at radius 3 is 2.38 bits per heavy atom. The van der Waals surface area contributed by atoms with Crippen molar-refractivity contribution in [1.29, 1.82) is 0 Å². The Morgan fingerprint density at radius 1 is 0.897 bits per heavy atom. The van der Waals surface area contributed by atoms with E-state index < -0.39 is 6.09 Å². The van der Waals surface area contributed by atoms with Crippen LogP contribution in [-0.4, -0.2) is 23.4 Å². The smallest absolute Gasteiger partial charge is 0.411 e. The van der Waals surface area contributed by atoms with Gasteiger partial charge in [0.25, 0.3) is 5.91 Å². The number of hydrogen-bond acceptors (Lipinski definition) is 3. The maximum absolute atomic E-state index is 12.7. The van der Waals surface area contributed by atoms with Gasteiger partial charge in [0.05, 0.1) is 0 Å². The first kappa shape index (κ1) is 18.7. The van der Waals surface area contributed by atoms with Gasteiger partial charge in [0.1, 0.15) is 6.61 Å². The second-order valence-electron chi connectivity index (χ2n) is 7.01. The number of rotatable bonds is 4. The molecule has 5 heteroatoms. The van der Waals surface area contributed by atoms with E-state index in [1.807, 2.05) is 83.8 Å². The molecular formula is C24H22N2O3. The van der Waals surface area contributed by atoms with Gasteiger partial charge in [-0.05, 0) is 47.4 Å². The Morgan fingerprint density at radius 2 is 1.62 bits per heavy atom. The summed E-state index contributed by atoms with van der Waals surface area (Å²) in [5.74, 6) is 0.0249. The van der Waals surface area contributed by atoms with Crippen molar-refractivity contribution in [1.82, 2.24) is 4.90 Å². The van der Waals surface area contributed by atoms with Crippen molar-refractivity contribution in [2.45, 2.75) is 19.6 Å². The van der Waals surface area contributed by atoms with Crippen LogP contribution in [0.2, 0.25) is 0 Å². The summed E-state index contributed by atoms with van der Waals surface area (Å²) in [7, 11) is 0. The van der Waals surface area contributed by atoms with Gasteiger partial charge in [-0.25, -0.2) is 4.79 Å². The lowest BCUT2D eigenvalue weighted by Gasteiger charge is -2.29. The number of nitrogens with zero attached hydrogens (tertiary/aromatic N) is 1. The number of hydrogen-bond donors (Lipinski definition) is 1. The predicted octanol–water partition coefficient (Wildman–Crippen LogP) is 4.63. The maximum Gasteiger partial charge on any atom is 0.411 e. The molecule has 0 fully saturated rings. The molecule has 1 N–H and O–H groups in total. The number of amides is 2. The Labute approximate surface area is 169 Å². The van der Waals surface area contributed by atoms with Crippen molar-refractivity contribution in [3.05, 3.63) is 101 Å². The molecule has 1 aliphatic heterocycles. The molecule has 1 aliphatic rings. The van der Waals surface area contributed by atoms with E-state index in [9.17, 15) is 9.59 Å². The number of carbonyl (C=O) groups is 2. The van der Waals surface area contributed by atoms with Crippen molar-refractivity contribution >= 4 is 17.7 Å². The third-order valence-electron chi connectivity index (χ3n) is 4.99. The van der Waals surface area contributed by atoms with Gasteiger partial charge in [0, 0.05) is 24.3 Å². The molecule has 29 heavy (non-hydrogen) atoms. The summed E-state index contributed by atoms with van der Waals surface area (Å²) in [4.78, 5) is 26.7. The molecule has 0 aromatic heterocycles. The monoisotopic (exact) mass is 386 g/mol. The van der Waals surface area contributed by atoms with Crippen LogP contribution in [0.25, 0.3) is 0 Å². The molecule has 5 nitrogen and oxygen atoms in total. The van der Waals surface area contributed by atoms with Crippen LogP contribution < -0.4 is 5.32 Å². The fraction of sp³-hybridized carbons (Fsp3) is 0.167. The third-order valence-corrected chi connectivity index (χ3v) is 4.99.